The van der Waals surface area contributed by atoms with Crippen molar-refractivity contribution in [3.05, 3.63) is 83.4 Å². The highest BCUT2D eigenvalue weighted by atomic mass is 16.2. The van der Waals surface area contributed by atoms with Crippen LogP contribution in [0.3, 0.4) is 0 Å². The Kier molecular flexibility index (Phi) is 6.66. The van der Waals surface area contributed by atoms with Crippen molar-refractivity contribution in [3.8, 4) is 0 Å². The van der Waals surface area contributed by atoms with Crippen molar-refractivity contribution < 1.29 is 9.59 Å². The maximum absolute atomic E-state index is 13.0. The number of fused-ring (bicyclic) bond motifs is 1. The first kappa shape index (κ1) is 21.1. The van der Waals surface area contributed by atoms with Crippen molar-refractivity contribution in [1.82, 2.24) is 10.2 Å². The topological polar surface area (TPSA) is 49.4 Å². The molecule has 31 heavy (non-hydrogen) atoms. The molecule has 160 valence electrons. The maximum Gasteiger partial charge on any atom is 0.227 e. The zero-order chi connectivity index (χ0) is 21.6. The number of likely N-dealkylation sites (tertiary alicyclic amines) is 1. The molecule has 2 amide bonds. The van der Waals surface area contributed by atoms with Gasteiger partial charge in [-0.3, -0.25) is 9.59 Å². The average Bonchev–Trinajstić information content (AvgIpc) is 2.80. The minimum atomic E-state index is -0.122. The number of benzene rings is 3. The quantitative estimate of drug-likeness (QED) is 0.654. The van der Waals surface area contributed by atoms with Gasteiger partial charge in [0, 0.05) is 19.6 Å². The van der Waals surface area contributed by atoms with Crippen molar-refractivity contribution in [2.24, 2.45) is 5.92 Å². The number of carbonyl (C=O) groups is 2. The number of nitrogens with one attached hydrogen (secondary N) is 1. The lowest BCUT2D eigenvalue weighted by Crippen LogP contribution is -2.46. The van der Waals surface area contributed by atoms with Gasteiger partial charge >= 0.3 is 0 Å². The lowest BCUT2D eigenvalue weighted by Gasteiger charge is -2.32. The Balaban J connectivity index is 1.31. The lowest BCUT2D eigenvalue weighted by atomic mass is 9.95. The van der Waals surface area contributed by atoms with Gasteiger partial charge in [-0.15, -0.1) is 0 Å². The minimum Gasteiger partial charge on any atom is -0.355 e. The fourth-order valence-electron chi connectivity index (χ4n) is 4.37. The van der Waals surface area contributed by atoms with Crippen LogP contribution in [-0.2, 0) is 22.4 Å². The molecule has 3 aromatic rings. The van der Waals surface area contributed by atoms with Crippen LogP contribution in [0.1, 0.15) is 29.5 Å². The first-order valence-corrected chi connectivity index (χ1v) is 11.2. The monoisotopic (exact) mass is 414 g/mol. The highest BCUT2D eigenvalue weighted by Crippen LogP contribution is 2.22. The second-order valence-electron chi connectivity index (χ2n) is 8.52. The van der Waals surface area contributed by atoms with E-state index in [4.69, 9.17) is 0 Å². The Bertz CT molecular complexity index is 1050. The molecule has 4 nitrogen and oxygen atoms in total. The summed E-state index contributed by atoms with van der Waals surface area (Å²) in [4.78, 5) is 27.6. The number of nitrogens with zero attached hydrogens (tertiary/aromatic N) is 1. The van der Waals surface area contributed by atoms with Crippen LogP contribution in [0, 0.1) is 12.8 Å². The van der Waals surface area contributed by atoms with Gasteiger partial charge in [-0.2, -0.15) is 0 Å². The summed E-state index contributed by atoms with van der Waals surface area (Å²) >= 11 is 0. The van der Waals surface area contributed by atoms with Crippen molar-refractivity contribution in [1.29, 1.82) is 0 Å². The van der Waals surface area contributed by atoms with Gasteiger partial charge < -0.3 is 10.2 Å². The summed E-state index contributed by atoms with van der Waals surface area (Å²) in [6.45, 7) is 3.95. The van der Waals surface area contributed by atoms with E-state index >= 15 is 0 Å². The molecule has 0 aromatic heterocycles. The van der Waals surface area contributed by atoms with Crippen molar-refractivity contribution in [2.75, 3.05) is 19.6 Å². The molecule has 1 unspecified atom stereocenters. The number of aryl methyl sites for hydroxylation is 1. The lowest BCUT2D eigenvalue weighted by molar-refractivity contribution is -0.135. The molecular formula is C27H30N2O2. The number of carbonyl (C=O) groups excluding carboxylic acids is 2. The van der Waals surface area contributed by atoms with Crippen molar-refractivity contribution in [2.45, 2.75) is 32.6 Å². The zero-order valence-electron chi connectivity index (χ0n) is 18.1. The van der Waals surface area contributed by atoms with Gasteiger partial charge in [0.05, 0.1) is 12.3 Å². The number of amides is 2. The van der Waals surface area contributed by atoms with Crippen LogP contribution in [-0.4, -0.2) is 36.3 Å². The molecule has 3 aromatic carbocycles. The molecule has 1 atom stereocenters. The molecule has 0 spiro atoms. The summed E-state index contributed by atoms with van der Waals surface area (Å²) < 4.78 is 0. The summed E-state index contributed by atoms with van der Waals surface area (Å²) in [7, 11) is 0. The molecule has 0 saturated carbocycles. The van der Waals surface area contributed by atoms with Crippen LogP contribution in [0.15, 0.2) is 66.7 Å². The van der Waals surface area contributed by atoms with E-state index in [-0.39, 0.29) is 17.7 Å². The van der Waals surface area contributed by atoms with E-state index in [2.05, 4.69) is 54.7 Å². The molecule has 4 heteroatoms. The van der Waals surface area contributed by atoms with E-state index in [0.29, 0.717) is 19.5 Å². The molecular weight excluding hydrogens is 384 g/mol. The molecule has 0 bridgehead atoms. The fourth-order valence-corrected chi connectivity index (χ4v) is 4.37. The molecule has 0 radical (unpaired) electrons. The summed E-state index contributed by atoms with van der Waals surface area (Å²) in [6, 6.07) is 22.7. The van der Waals surface area contributed by atoms with Gasteiger partial charge in [-0.1, -0.05) is 72.3 Å². The first-order valence-electron chi connectivity index (χ1n) is 11.2. The van der Waals surface area contributed by atoms with Gasteiger partial charge in [0.25, 0.3) is 0 Å². The van der Waals surface area contributed by atoms with Crippen molar-refractivity contribution >= 4 is 22.6 Å². The minimum absolute atomic E-state index is 0.0646. The SMILES string of the molecule is Cc1ccc(CCNC(=O)C2CCCN(C(=O)Cc3cccc4ccccc34)C2)cc1. The highest BCUT2D eigenvalue weighted by molar-refractivity contribution is 5.90. The molecule has 1 fully saturated rings. The van der Waals surface area contributed by atoms with E-state index < -0.39 is 0 Å². The van der Waals surface area contributed by atoms with Gasteiger partial charge in [0.1, 0.15) is 0 Å². The summed E-state index contributed by atoms with van der Waals surface area (Å²) in [5, 5.41) is 5.35. The van der Waals surface area contributed by atoms with Gasteiger partial charge in [0.15, 0.2) is 0 Å². The normalized spacial score (nSPS) is 16.3. The van der Waals surface area contributed by atoms with Gasteiger partial charge in [0.2, 0.25) is 11.8 Å². The van der Waals surface area contributed by atoms with Crippen molar-refractivity contribution in [3.63, 3.8) is 0 Å². The second kappa shape index (κ2) is 9.78. The Morgan fingerprint density at radius 1 is 1.00 bits per heavy atom. The highest BCUT2D eigenvalue weighted by Gasteiger charge is 2.28. The molecule has 1 saturated heterocycles. The third-order valence-electron chi connectivity index (χ3n) is 6.20. The number of hydrogen-bond acceptors (Lipinski definition) is 2. The Morgan fingerprint density at radius 3 is 2.61 bits per heavy atom. The van der Waals surface area contributed by atoms with Gasteiger partial charge in [-0.25, -0.2) is 0 Å². The van der Waals surface area contributed by atoms with Crippen LogP contribution in [0.4, 0.5) is 0 Å². The van der Waals surface area contributed by atoms with Crippen LogP contribution >= 0.6 is 0 Å². The second-order valence-corrected chi connectivity index (χ2v) is 8.52. The smallest absolute Gasteiger partial charge is 0.227 e. The van der Waals surface area contributed by atoms with E-state index in [1.54, 1.807) is 0 Å². The third kappa shape index (κ3) is 5.32. The summed E-state index contributed by atoms with van der Waals surface area (Å²) in [5.41, 5.74) is 3.51. The zero-order valence-corrected chi connectivity index (χ0v) is 18.1. The Morgan fingerprint density at radius 2 is 1.77 bits per heavy atom. The summed E-state index contributed by atoms with van der Waals surface area (Å²) in [5.74, 6) is 0.0477. The predicted octanol–water partition coefficient (Wildman–Crippen LogP) is 4.29. The molecule has 1 heterocycles. The van der Waals surface area contributed by atoms with E-state index in [0.717, 1.165) is 42.1 Å². The molecule has 1 aliphatic rings. The van der Waals surface area contributed by atoms with Crippen LogP contribution in [0.2, 0.25) is 0 Å². The molecule has 4 rings (SSSR count). The standard InChI is InChI=1S/C27H30N2O2/c1-20-11-13-21(14-12-20)15-16-28-27(31)24-9-5-17-29(19-24)26(30)18-23-8-4-7-22-6-2-3-10-25(22)23/h2-4,6-8,10-14,24H,5,9,15-19H2,1H3,(H,28,31). The van der Waals surface area contributed by atoms with Gasteiger partial charge in [-0.05, 0) is 48.1 Å². The number of piperidine rings is 1. The Labute approximate surface area is 184 Å². The van der Waals surface area contributed by atoms with E-state index in [1.807, 2.05) is 29.2 Å². The average molecular weight is 415 g/mol. The third-order valence-corrected chi connectivity index (χ3v) is 6.20. The molecule has 0 aliphatic carbocycles. The molecule has 1 aliphatic heterocycles. The largest absolute Gasteiger partial charge is 0.355 e. The first-order chi connectivity index (χ1) is 15.1. The number of hydrogen-bond donors (Lipinski definition) is 1. The van der Waals surface area contributed by atoms with E-state index in [1.165, 1.54) is 11.1 Å². The number of rotatable bonds is 6. The fraction of sp³-hybridized carbons (Fsp3) is 0.333. The van der Waals surface area contributed by atoms with E-state index in [9.17, 15) is 9.59 Å². The van der Waals surface area contributed by atoms with Crippen LogP contribution in [0.5, 0.6) is 0 Å². The predicted molar refractivity (Wildman–Crippen MR) is 125 cm³/mol. The summed E-state index contributed by atoms with van der Waals surface area (Å²) in [6.07, 6.45) is 2.91. The maximum atomic E-state index is 13.0. The Hall–Kier alpha value is -3.14. The van der Waals surface area contributed by atoms with Crippen LogP contribution in [0.25, 0.3) is 10.8 Å². The molecule has 1 N–H and O–H groups in total. The van der Waals surface area contributed by atoms with Crippen LogP contribution < -0.4 is 5.32 Å².